The van der Waals surface area contributed by atoms with Crippen LogP contribution >= 0.6 is 19.2 Å². The molecule has 3 aliphatic rings. The van der Waals surface area contributed by atoms with Gasteiger partial charge < -0.3 is 52.0 Å². The van der Waals surface area contributed by atoms with Gasteiger partial charge in [-0.05, 0) is 68.6 Å². The topological polar surface area (TPSA) is 237 Å². The second-order valence-corrected chi connectivity index (χ2v) is 25.2. The maximum absolute atomic E-state index is 15.0. The summed E-state index contributed by atoms with van der Waals surface area (Å²) in [5, 5.41) is 25.3. The van der Waals surface area contributed by atoms with E-state index < -0.39 is 57.4 Å². The summed E-state index contributed by atoms with van der Waals surface area (Å²) < 4.78 is 79.4. The van der Waals surface area contributed by atoms with Gasteiger partial charge in [0.1, 0.15) is 31.6 Å². The third-order valence-corrected chi connectivity index (χ3v) is 15.1. The molecular weight excluding hydrogens is 873 g/mol. The fourth-order valence-electron chi connectivity index (χ4n) is 7.67. The van der Waals surface area contributed by atoms with Crippen molar-refractivity contribution in [2.45, 2.75) is 134 Å². The quantitative estimate of drug-likeness (QED) is 0.0479. The molecule has 3 fully saturated rings. The van der Waals surface area contributed by atoms with Crippen LogP contribution < -0.4 is 4.90 Å². The standard InChI is InChI=1S/C37H61ClN9O13PSi/c1-9-56-61(50,57-10-2)37(22-52-16-15-51-5,23-54-21-28-42-43-44-45(28)24-53-17-18-62(6,7)8)55-20-27-29-30(60-36(3,4)59-29)33(58-27)47-32-26(19-39-47)31(40-34(38)41-32)46(35(48)49)25-13-11-12-14-25/h19,25,27,29-30,33H,9-18,20-24H2,1-8H3,(H,48,49)/t27-,29-,30-,33-,37+/m1/s1. The van der Waals surface area contributed by atoms with E-state index in [4.69, 9.17) is 58.5 Å². The Morgan fingerprint density at radius 3 is 2.44 bits per heavy atom. The van der Waals surface area contributed by atoms with Crippen molar-refractivity contribution in [2.24, 2.45) is 0 Å². The number of ether oxygens (including phenoxy) is 8. The van der Waals surface area contributed by atoms with Gasteiger partial charge in [-0.3, -0.25) is 9.46 Å². The molecule has 0 bridgehead atoms. The van der Waals surface area contributed by atoms with Crippen LogP contribution in [-0.2, 0) is 64.8 Å². The van der Waals surface area contributed by atoms with Crippen LogP contribution in [0.5, 0.6) is 0 Å². The molecule has 1 amide bonds. The molecule has 6 rings (SSSR count). The van der Waals surface area contributed by atoms with Gasteiger partial charge in [-0.1, -0.05) is 32.5 Å². The first-order valence-electron chi connectivity index (χ1n) is 21.0. The zero-order valence-corrected chi connectivity index (χ0v) is 39.4. The molecule has 0 unspecified atom stereocenters. The summed E-state index contributed by atoms with van der Waals surface area (Å²) in [4.78, 5) is 22.7. The molecule has 2 aliphatic heterocycles. The van der Waals surface area contributed by atoms with Crippen molar-refractivity contribution in [1.82, 2.24) is 40.0 Å². The molecule has 25 heteroatoms. The zero-order valence-electron chi connectivity index (χ0n) is 36.8. The molecule has 1 N–H and O–H groups in total. The fraction of sp³-hybridized carbons (Fsp3) is 0.811. The lowest BCUT2D eigenvalue weighted by molar-refractivity contribution is -0.209. The lowest BCUT2D eigenvalue weighted by Crippen LogP contribution is -2.47. The Hall–Kier alpha value is -2.77. The molecule has 3 aromatic heterocycles. The largest absolute Gasteiger partial charge is 0.465 e. The lowest BCUT2D eigenvalue weighted by Gasteiger charge is -2.39. The van der Waals surface area contributed by atoms with Crippen LogP contribution in [0, 0.1) is 0 Å². The van der Waals surface area contributed by atoms with Crippen molar-refractivity contribution in [2.75, 3.05) is 64.9 Å². The van der Waals surface area contributed by atoms with Crippen LogP contribution in [0.2, 0.25) is 31.0 Å². The smallest absolute Gasteiger partial charge is 0.413 e. The summed E-state index contributed by atoms with van der Waals surface area (Å²) in [5.74, 6) is -0.559. The Balaban J connectivity index is 1.28. The van der Waals surface area contributed by atoms with Gasteiger partial charge >= 0.3 is 13.7 Å². The second kappa shape index (κ2) is 21.0. The highest BCUT2D eigenvalue weighted by Gasteiger charge is 2.59. The van der Waals surface area contributed by atoms with Crippen molar-refractivity contribution >= 4 is 50.2 Å². The van der Waals surface area contributed by atoms with Crippen LogP contribution in [0.3, 0.4) is 0 Å². The van der Waals surface area contributed by atoms with Crippen molar-refractivity contribution in [3.63, 3.8) is 0 Å². The van der Waals surface area contributed by atoms with E-state index in [1.807, 2.05) is 0 Å². The summed E-state index contributed by atoms with van der Waals surface area (Å²) in [5.41, 5.74) is 0.234. The zero-order chi connectivity index (χ0) is 44.7. The van der Waals surface area contributed by atoms with E-state index in [0.717, 1.165) is 18.9 Å². The number of amides is 1. The summed E-state index contributed by atoms with van der Waals surface area (Å²) in [6.07, 6.45) is 0.195. The molecule has 1 aliphatic carbocycles. The Morgan fingerprint density at radius 1 is 1.05 bits per heavy atom. The van der Waals surface area contributed by atoms with Crippen LogP contribution in [0.25, 0.3) is 11.0 Å². The number of tetrazole rings is 1. The van der Waals surface area contributed by atoms with Crippen LogP contribution in [-0.4, -0.2) is 155 Å². The highest BCUT2D eigenvalue weighted by Crippen LogP contribution is 2.61. The molecule has 2 saturated heterocycles. The summed E-state index contributed by atoms with van der Waals surface area (Å²) in [6.45, 7) is 13.8. The van der Waals surface area contributed by atoms with Gasteiger partial charge in [-0.25, -0.2) is 14.2 Å². The molecule has 62 heavy (non-hydrogen) atoms. The van der Waals surface area contributed by atoms with Gasteiger partial charge in [-0.2, -0.15) is 15.1 Å². The summed E-state index contributed by atoms with van der Waals surface area (Å²) >= 11 is 6.48. The molecule has 1 saturated carbocycles. The molecule has 348 valence electrons. The molecular formula is C37H61ClN9O13PSi. The maximum atomic E-state index is 15.0. The van der Waals surface area contributed by atoms with Gasteiger partial charge in [0.2, 0.25) is 10.6 Å². The van der Waals surface area contributed by atoms with E-state index in [9.17, 15) is 9.90 Å². The Kier molecular flexibility index (Phi) is 16.5. The number of hydrogen-bond donors (Lipinski definition) is 1. The number of fused-ring (bicyclic) bond motifs is 2. The van der Waals surface area contributed by atoms with Crippen LogP contribution in [0.1, 0.15) is 65.4 Å². The maximum Gasteiger partial charge on any atom is 0.413 e. The average molecular weight is 934 g/mol. The third-order valence-electron chi connectivity index (χ3n) is 10.6. The number of hydrogen-bond acceptors (Lipinski definition) is 18. The normalized spacial score (nSPS) is 22.7. The number of rotatable bonds is 25. The van der Waals surface area contributed by atoms with Gasteiger partial charge in [-0.15, -0.1) is 5.10 Å². The predicted octanol–water partition coefficient (Wildman–Crippen LogP) is 5.48. The third kappa shape index (κ3) is 11.4. The van der Waals surface area contributed by atoms with Crippen molar-refractivity contribution in [3.05, 3.63) is 17.3 Å². The number of aromatic nitrogens is 8. The van der Waals surface area contributed by atoms with E-state index in [1.165, 1.54) is 27.6 Å². The highest BCUT2D eigenvalue weighted by atomic mass is 35.5. The molecule has 22 nitrogen and oxygen atoms in total. The van der Waals surface area contributed by atoms with Crippen LogP contribution in [0.15, 0.2) is 6.20 Å². The summed E-state index contributed by atoms with van der Waals surface area (Å²) in [6, 6.07) is 0.705. The number of carboxylic acid groups (broad SMARTS) is 1. The number of halogens is 1. The molecule has 0 aromatic carbocycles. The van der Waals surface area contributed by atoms with Crippen molar-refractivity contribution < 1.29 is 61.4 Å². The second-order valence-electron chi connectivity index (χ2n) is 16.9. The fourth-order valence-corrected chi connectivity index (χ4v) is 10.5. The lowest BCUT2D eigenvalue weighted by atomic mass is 10.1. The SMILES string of the molecule is CCOP(=O)(OCC)[C@@](COCCOC)(COCc1nnnn1COCC[Si](C)(C)C)OC[C@H]1O[C@@H](n2ncc3c(N(C(=O)O)C4CCCC4)nc(Cl)nc32)[C@@H]2OC(C)(C)O[C@@H]21. The van der Waals surface area contributed by atoms with E-state index >= 15 is 4.57 Å². The number of methoxy groups -OCH3 is 1. The summed E-state index contributed by atoms with van der Waals surface area (Å²) in [7, 11) is -4.00. The van der Waals surface area contributed by atoms with E-state index in [2.05, 4.69) is 50.2 Å². The Morgan fingerprint density at radius 2 is 1.76 bits per heavy atom. The number of carbonyl (C=O) groups is 1. The molecule has 5 atom stereocenters. The molecule has 5 heterocycles. The highest BCUT2D eigenvalue weighted by molar-refractivity contribution is 7.55. The molecule has 0 spiro atoms. The monoisotopic (exact) mass is 933 g/mol. The predicted molar refractivity (Wildman–Crippen MR) is 225 cm³/mol. The Labute approximate surface area is 366 Å². The Bertz CT molecular complexity index is 1980. The molecule has 0 radical (unpaired) electrons. The first-order valence-corrected chi connectivity index (χ1v) is 26.6. The number of anilines is 1. The van der Waals surface area contributed by atoms with E-state index in [1.54, 1.807) is 27.7 Å². The van der Waals surface area contributed by atoms with E-state index in [-0.39, 0.29) is 82.4 Å². The number of nitrogens with zero attached hydrogens (tertiary/aromatic N) is 9. The van der Waals surface area contributed by atoms with Crippen LogP contribution in [0.4, 0.5) is 10.6 Å². The van der Waals surface area contributed by atoms with Gasteiger partial charge in [0.05, 0.1) is 57.8 Å². The first-order chi connectivity index (χ1) is 29.5. The molecule has 3 aromatic rings. The van der Waals surface area contributed by atoms with E-state index in [0.29, 0.717) is 30.7 Å². The minimum Gasteiger partial charge on any atom is -0.465 e. The van der Waals surface area contributed by atoms with Gasteiger partial charge in [0.25, 0.3) is 0 Å². The minimum atomic E-state index is -4.23. The van der Waals surface area contributed by atoms with Crippen molar-refractivity contribution in [3.8, 4) is 0 Å². The average Bonchev–Trinajstić information content (AvgIpc) is 4.05. The minimum absolute atomic E-state index is 0.0180. The van der Waals surface area contributed by atoms with Crippen molar-refractivity contribution in [1.29, 1.82) is 0 Å². The van der Waals surface area contributed by atoms with Gasteiger partial charge in [0.15, 0.2) is 29.3 Å². The first kappa shape index (κ1) is 48.7. The van der Waals surface area contributed by atoms with Gasteiger partial charge in [0, 0.05) is 27.8 Å².